The quantitative estimate of drug-likeness (QED) is 0.665. The largest absolute Gasteiger partial charge is 0.497 e. The molecule has 0 bridgehead atoms. The summed E-state index contributed by atoms with van der Waals surface area (Å²) in [4.78, 5) is 4.45. The molecule has 0 fully saturated rings. The molecular weight excluding hydrogens is 362 g/mol. The summed E-state index contributed by atoms with van der Waals surface area (Å²) in [6, 6.07) is 16.2. The molecule has 0 unspecified atom stereocenters. The van der Waals surface area contributed by atoms with Crippen molar-refractivity contribution < 1.29 is 13.2 Å². The van der Waals surface area contributed by atoms with Crippen LogP contribution in [0.5, 0.6) is 5.75 Å². The zero-order chi connectivity index (χ0) is 19.4. The van der Waals surface area contributed by atoms with Gasteiger partial charge in [-0.15, -0.1) is 0 Å². The van der Waals surface area contributed by atoms with Crippen molar-refractivity contribution >= 4 is 27.2 Å². The van der Waals surface area contributed by atoms with E-state index < -0.39 is 10.0 Å². The summed E-state index contributed by atoms with van der Waals surface area (Å²) in [6.07, 6.45) is 1.57. The van der Waals surface area contributed by atoms with E-state index in [0.717, 1.165) is 22.7 Å². The monoisotopic (exact) mass is 383 g/mol. The second kappa shape index (κ2) is 7.67. The highest BCUT2D eigenvalue weighted by Crippen LogP contribution is 2.22. The van der Waals surface area contributed by atoms with Crippen molar-refractivity contribution in [1.29, 1.82) is 0 Å². The number of nitrogens with zero attached hydrogens (tertiary/aromatic N) is 1. The minimum Gasteiger partial charge on any atom is -0.497 e. The average molecular weight is 383 g/mol. The third-order valence-corrected chi connectivity index (χ3v) is 5.51. The van der Waals surface area contributed by atoms with Gasteiger partial charge in [0.05, 0.1) is 23.9 Å². The molecule has 0 aliphatic rings. The van der Waals surface area contributed by atoms with Crippen molar-refractivity contribution in [2.45, 2.75) is 18.7 Å². The molecule has 1 aromatic heterocycles. The Kier molecular flexibility index (Phi) is 5.32. The molecule has 0 spiro atoms. The predicted molar refractivity (Wildman–Crippen MR) is 107 cm³/mol. The van der Waals surface area contributed by atoms with E-state index in [9.17, 15) is 8.42 Å². The van der Waals surface area contributed by atoms with Gasteiger partial charge in [0.15, 0.2) is 0 Å². The van der Waals surface area contributed by atoms with Crippen LogP contribution in [-0.4, -0.2) is 20.5 Å². The smallest absolute Gasteiger partial charge is 0.263 e. The van der Waals surface area contributed by atoms with E-state index in [2.05, 4.69) is 15.0 Å². The van der Waals surface area contributed by atoms with Gasteiger partial charge in [-0.2, -0.15) is 0 Å². The normalized spacial score (nSPS) is 11.1. The van der Waals surface area contributed by atoms with Crippen molar-refractivity contribution in [2.75, 3.05) is 17.1 Å². The molecule has 6 nitrogen and oxygen atoms in total. The highest BCUT2D eigenvalue weighted by molar-refractivity contribution is 7.92. The van der Waals surface area contributed by atoms with Crippen molar-refractivity contribution in [2.24, 2.45) is 0 Å². The summed E-state index contributed by atoms with van der Waals surface area (Å²) < 4.78 is 32.9. The Bertz CT molecular complexity index is 1030. The van der Waals surface area contributed by atoms with Gasteiger partial charge in [0, 0.05) is 5.69 Å². The molecule has 27 heavy (non-hydrogen) atoms. The van der Waals surface area contributed by atoms with Gasteiger partial charge in [0.1, 0.15) is 11.6 Å². The average Bonchev–Trinajstić information content (AvgIpc) is 2.65. The first-order valence-corrected chi connectivity index (χ1v) is 9.83. The Balaban J connectivity index is 1.74. The first kappa shape index (κ1) is 18.7. The van der Waals surface area contributed by atoms with Crippen molar-refractivity contribution in [3.8, 4) is 5.75 Å². The van der Waals surface area contributed by atoms with E-state index in [1.165, 1.54) is 0 Å². The number of hydrogen-bond acceptors (Lipinski definition) is 5. The first-order valence-electron chi connectivity index (χ1n) is 8.34. The number of pyridine rings is 1. The Labute approximate surface area is 159 Å². The lowest BCUT2D eigenvalue weighted by Crippen LogP contribution is -2.15. The Morgan fingerprint density at radius 3 is 2.26 bits per heavy atom. The summed E-state index contributed by atoms with van der Waals surface area (Å²) in [5.41, 5.74) is 3.19. The molecule has 0 saturated carbocycles. The second-order valence-corrected chi connectivity index (χ2v) is 7.81. The summed E-state index contributed by atoms with van der Waals surface area (Å²) >= 11 is 0. The highest BCUT2D eigenvalue weighted by Gasteiger charge is 2.17. The summed E-state index contributed by atoms with van der Waals surface area (Å²) in [5.74, 6) is 1.03. The fourth-order valence-corrected chi connectivity index (χ4v) is 3.90. The molecule has 2 aromatic carbocycles. The fourth-order valence-electron chi connectivity index (χ4n) is 2.56. The first-order chi connectivity index (χ1) is 12.9. The molecule has 7 heteroatoms. The molecule has 0 amide bonds. The second-order valence-electron chi connectivity index (χ2n) is 6.16. The number of aromatic nitrogens is 1. The zero-order valence-corrected chi connectivity index (χ0v) is 16.2. The number of rotatable bonds is 6. The third-order valence-electron chi connectivity index (χ3n) is 4.01. The number of ether oxygens (including phenoxy) is 1. The third kappa shape index (κ3) is 4.57. The number of anilines is 3. The number of hydrogen-bond donors (Lipinski definition) is 2. The van der Waals surface area contributed by atoms with E-state index in [-0.39, 0.29) is 10.7 Å². The molecule has 1 heterocycles. The van der Waals surface area contributed by atoms with Gasteiger partial charge in [0.25, 0.3) is 10.0 Å². The van der Waals surface area contributed by atoms with Crippen LogP contribution < -0.4 is 14.8 Å². The number of nitrogens with one attached hydrogen (secondary N) is 2. The molecular formula is C20H21N3O3S. The number of aryl methyl sites for hydroxylation is 2. The van der Waals surface area contributed by atoms with E-state index in [1.807, 2.05) is 37.3 Å². The minimum absolute atomic E-state index is 0.254. The number of sulfonamides is 1. The van der Waals surface area contributed by atoms with Gasteiger partial charge in [0.2, 0.25) is 0 Å². The van der Waals surface area contributed by atoms with Crippen molar-refractivity contribution in [3.05, 3.63) is 71.9 Å². The molecule has 140 valence electrons. The van der Waals surface area contributed by atoms with Crippen LogP contribution in [0.3, 0.4) is 0 Å². The lowest BCUT2D eigenvalue weighted by Gasteiger charge is -2.11. The van der Waals surface area contributed by atoms with Crippen LogP contribution in [-0.2, 0) is 10.0 Å². The number of methoxy groups -OCH3 is 1. The van der Waals surface area contributed by atoms with Crippen LogP contribution in [0.25, 0.3) is 0 Å². The molecule has 2 N–H and O–H groups in total. The van der Waals surface area contributed by atoms with Crippen molar-refractivity contribution in [1.82, 2.24) is 4.98 Å². The van der Waals surface area contributed by atoms with Crippen molar-refractivity contribution in [3.63, 3.8) is 0 Å². The number of benzene rings is 2. The molecule has 3 rings (SSSR count). The maximum Gasteiger partial charge on any atom is 0.263 e. The lowest BCUT2D eigenvalue weighted by atomic mass is 10.2. The van der Waals surface area contributed by atoms with Gasteiger partial charge in [-0.3, -0.25) is 4.72 Å². The Morgan fingerprint density at radius 2 is 1.63 bits per heavy atom. The molecule has 0 radical (unpaired) electrons. The van der Waals surface area contributed by atoms with Crippen LogP contribution in [0, 0.1) is 13.8 Å². The van der Waals surface area contributed by atoms with E-state index >= 15 is 0 Å². The molecule has 0 aliphatic heterocycles. The van der Waals surface area contributed by atoms with Gasteiger partial charge < -0.3 is 10.1 Å². The fraction of sp³-hybridized carbons (Fsp3) is 0.150. The standard InChI is InChI=1S/C20H21N3O3S/c1-14-4-5-15(2)19(12-14)27(24,25)23-20-11-8-17(13-21-20)22-16-6-9-18(26-3)10-7-16/h4-13,22H,1-3H3,(H,21,23). The van der Waals surface area contributed by atoms with E-state index in [4.69, 9.17) is 4.74 Å². The van der Waals surface area contributed by atoms with Gasteiger partial charge in [-0.05, 0) is 67.4 Å². The van der Waals surface area contributed by atoms with E-state index in [0.29, 0.717) is 5.56 Å². The summed E-state index contributed by atoms with van der Waals surface area (Å²) in [7, 11) is -2.08. The zero-order valence-electron chi connectivity index (χ0n) is 15.4. The lowest BCUT2D eigenvalue weighted by molar-refractivity contribution is 0.415. The maximum atomic E-state index is 12.6. The molecule has 0 atom stereocenters. The summed E-state index contributed by atoms with van der Waals surface area (Å²) in [6.45, 7) is 3.62. The SMILES string of the molecule is COc1ccc(Nc2ccc(NS(=O)(=O)c3cc(C)ccc3C)nc2)cc1. The van der Waals surface area contributed by atoms with E-state index in [1.54, 1.807) is 44.5 Å². The predicted octanol–water partition coefficient (Wildman–Crippen LogP) is 4.25. The van der Waals surface area contributed by atoms with Crippen LogP contribution in [0.15, 0.2) is 65.7 Å². The van der Waals surface area contributed by atoms with Gasteiger partial charge in [-0.25, -0.2) is 13.4 Å². The van der Waals surface area contributed by atoms with Crippen LogP contribution in [0.4, 0.5) is 17.2 Å². The minimum atomic E-state index is -3.69. The van der Waals surface area contributed by atoms with Gasteiger partial charge in [-0.1, -0.05) is 12.1 Å². The van der Waals surface area contributed by atoms with Crippen LogP contribution in [0.2, 0.25) is 0 Å². The summed E-state index contributed by atoms with van der Waals surface area (Å²) in [5, 5.41) is 3.20. The molecule has 3 aromatic rings. The molecule has 0 saturated heterocycles. The molecule has 0 aliphatic carbocycles. The Morgan fingerprint density at radius 1 is 0.926 bits per heavy atom. The highest BCUT2D eigenvalue weighted by atomic mass is 32.2. The maximum absolute atomic E-state index is 12.6. The van der Waals surface area contributed by atoms with Crippen LogP contribution in [0.1, 0.15) is 11.1 Å². The topological polar surface area (TPSA) is 80.3 Å². The van der Waals surface area contributed by atoms with Crippen LogP contribution >= 0.6 is 0 Å². The van der Waals surface area contributed by atoms with Gasteiger partial charge >= 0.3 is 0 Å². The Hall–Kier alpha value is -3.06.